The van der Waals surface area contributed by atoms with Crippen LogP contribution < -0.4 is 14.8 Å². The molecule has 7 nitrogen and oxygen atoms in total. The minimum atomic E-state index is -0.725. The van der Waals surface area contributed by atoms with Crippen molar-refractivity contribution < 1.29 is 23.9 Å². The van der Waals surface area contributed by atoms with Gasteiger partial charge in [0.25, 0.3) is 5.91 Å². The number of nitrogens with zero attached hydrogens (tertiary/aromatic N) is 1. The molecule has 2 N–H and O–H groups in total. The summed E-state index contributed by atoms with van der Waals surface area (Å²) in [6, 6.07) is 16.3. The fourth-order valence-electron chi connectivity index (χ4n) is 2.82. The summed E-state index contributed by atoms with van der Waals surface area (Å²) in [4.78, 5) is 12.2. The molecular formula is C20H18N2O5. The predicted octanol–water partition coefficient (Wildman–Crippen LogP) is 2.92. The van der Waals surface area contributed by atoms with Gasteiger partial charge in [-0.15, -0.1) is 0 Å². The van der Waals surface area contributed by atoms with Crippen molar-refractivity contribution in [1.29, 1.82) is 0 Å². The van der Waals surface area contributed by atoms with Crippen molar-refractivity contribution in [3.8, 4) is 22.8 Å². The monoisotopic (exact) mass is 366 g/mol. The van der Waals surface area contributed by atoms with Crippen LogP contribution in [0.4, 0.5) is 0 Å². The molecule has 3 aromatic rings. The van der Waals surface area contributed by atoms with E-state index >= 15 is 0 Å². The van der Waals surface area contributed by atoms with Gasteiger partial charge in [0.05, 0.1) is 6.10 Å². The Morgan fingerprint density at radius 1 is 1.11 bits per heavy atom. The summed E-state index contributed by atoms with van der Waals surface area (Å²) in [5.41, 5.74) is 1.76. The fourth-order valence-corrected chi connectivity index (χ4v) is 2.82. The molecule has 4 rings (SSSR count). The first kappa shape index (κ1) is 17.1. The molecule has 0 bridgehead atoms. The first-order valence-electron chi connectivity index (χ1n) is 8.58. The van der Waals surface area contributed by atoms with Crippen LogP contribution in [0.3, 0.4) is 0 Å². The molecule has 1 aliphatic heterocycles. The van der Waals surface area contributed by atoms with Crippen LogP contribution in [0.15, 0.2) is 59.1 Å². The number of hydrogen-bond donors (Lipinski definition) is 2. The van der Waals surface area contributed by atoms with Crippen molar-refractivity contribution in [1.82, 2.24) is 10.5 Å². The third kappa shape index (κ3) is 3.78. The van der Waals surface area contributed by atoms with Crippen molar-refractivity contribution in [2.24, 2.45) is 0 Å². The number of fused-ring (bicyclic) bond motifs is 1. The standard InChI is InChI=1S/C20H18N2O5/c23-16(14-6-7-17-19(10-14)26-12-25-17)8-9-21-20(24)15-11-18(27-22-15)13-4-2-1-3-5-13/h1-7,10-11,16,23H,8-9,12H2,(H,21,24)/t16-/m0/s1. The highest BCUT2D eigenvalue weighted by Gasteiger charge is 2.17. The zero-order valence-electron chi connectivity index (χ0n) is 14.4. The van der Waals surface area contributed by atoms with E-state index in [1.54, 1.807) is 24.3 Å². The topological polar surface area (TPSA) is 93.8 Å². The number of nitrogens with one attached hydrogen (secondary N) is 1. The molecule has 0 spiro atoms. The lowest BCUT2D eigenvalue weighted by molar-refractivity contribution is 0.0933. The Hall–Kier alpha value is -3.32. The van der Waals surface area contributed by atoms with Gasteiger partial charge >= 0.3 is 0 Å². The number of carbonyl (C=O) groups is 1. The van der Waals surface area contributed by atoms with E-state index in [4.69, 9.17) is 14.0 Å². The van der Waals surface area contributed by atoms with Crippen LogP contribution in [0.2, 0.25) is 0 Å². The van der Waals surface area contributed by atoms with E-state index in [2.05, 4.69) is 10.5 Å². The molecule has 138 valence electrons. The molecule has 7 heteroatoms. The van der Waals surface area contributed by atoms with E-state index in [0.29, 0.717) is 35.8 Å². The summed E-state index contributed by atoms with van der Waals surface area (Å²) in [5.74, 6) is 1.46. The van der Waals surface area contributed by atoms with Crippen LogP contribution in [0, 0.1) is 0 Å². The van der Waals surface area contributed by atoms with Gasteiger partial charge in [0.2, 0.25) is 6.79 Å². The maximum atomic E-state index is 12.2. The van der Waals surface area contributed by atoms with Crippen LogP contribution in [0.5, 0.6) is 11.5 Å². The van der Waals surface area contributed by atoms with Crippen LogP contribution in [-0.4, -0.2) is 29.5 Å². The van der Waals surface area contributed by atoms with E-state index < -0.39 is 6.10 Å². The lowest BCUT2D eigenvalue weighted by Gasteiger charge is -2.11. The second kappa shape index (κ2) is 7.51. The van der Waals surface area contributed by atoms with Gasteiger partial charge < -0.3 is 24.4 Å². The second-order valence-corrected chi connectivity index (χ2v) is 6.12. The van der Waals surface area contributed by atoms with Crippen molar-refractivity contribution in [3.63, 3.8) is 0 Å². The molecule has 2 heterocycles. The number of hydrogen-bond acceptors (Lipinski definition) is 6. The molecule has 0 saturated heterocycles. The zero-order chi connectivity index (χ0) is 18.6. The average Bonchev–Trinajstić information content (AvgIpc) is 3.37. The molecule has 0 fully saturated rings. The highest BCUT2D eigenvalue weighted by Crippen LogP contribution is 2.34. The molecule has 0 aliphatic carbocycles. The largest absolute Gasteiger partial charge is 0.454 e. The van der Waals surface area contributed by atoms with Crippen LogP contribution in [0.25, 0.3) is 11.3 Å². The average molecular weight is 366 g/mol. The van der Waals surface area contributed by atoms with Gasteiger partial charge in [0, 0.05) is 18.2 Å². The molecular weight excluding hydrogens is 348 g/mol. The van der Waals surface area contributed by atoms with Crippen LogP contribution >= 0.6 is 0 Å². The minimum Gasteiger partial charge on any atom is -0.454 e. The number of amides is 1. The molecule has 0 saturated carbocycles. The van der Waals surface area contributed by atoms with Gasteiger partial charge in [-0.05, 0) is 24.1 Å². The quantitative estimate of drug-likeness (QED) is 0.697. The Kier molecular flexibility index (Phi) is 4.76. The number of aliphatic hydroxyl groups excluding tert-OH is 1. The molecule has 27 heavy (non-hydrogen) atoms. The summed E-state index contributed by atoms with van der Waals surface area (Å²) in [6.07, 6.45) is -0.369. The summed E-state index contributed by atoms with van der Waals surface area (Å²) in [6.45, 7) is 0.482. The molecule has 0 radical (unpaired) electrons. The molecule has 1 aliphatic rings. The molecule has 1 aromatic heterocycles. The lowest BCUT2D eigenvalue weighted by atomic mass is 10.1. The third-order valence-electron chi connectivity index (χ3n) is 4.29. The van der Waals surface area contributed by atoms with E-state index in [1.165, 1.54) is 0 Å². The van der Waals surface area contributed by atoms with Gasteiger partial charge in [-0.2, -0.15) is 0 Å². The fraction of sp³-hybridized carbons (Fsp3) is 0.200. The molecule has 1 amide bonds. The van der Waals surface area contributed by atoms with Crippen molar-refractivity contribution in [3.05, 3.63) is 65.9 Å². The SMILES string of the molecule is O=C(NCC[C@H](O)c1ccc2c(c1)OCO2)c1cc(-c2ccccc2)on1. The van der Waals surface area contributed by atoms with Crippen molar-refractivity contribution >= 4 is 5.91 Å². The Morgan fingerprint density at radius 2 is 1.93 bits per heavy atom. The highest BCUT2D eigenvalue weighted by molar-refractivity contribution is 5.93. The summed E-state index contributed by atoms with van der Waals surface area (Å²) >= 11 is 0. The first-order valence-corrected chi connectivity index (χ1v) is 8.58. The maximum Gasteiger partial charge on any atom is 0.273 e. The molecule has 1 atom stereocenters. The van der Waals surface area contributed by atoms with E-state index in [-0.39, 0.29) is 18.4 Å². The smallest absolute Gasteiger partial charge is 0.273 e. The second-order valence-electron chi connectivity index (χ2n) is 6.12. The number of rotatable bonds is 6. The number of aliphatic hydroxyl groups is 1. The van der Waals surface area contributed by atoms with Crippen LogP contribution in [-0.2, 0) is 0 Å². The minimum absolute atomic E-state index is 0.188. The summed E-state index contributed by atoms with van der Waals surface area (Å²) < 4.78 is 15.8. The number of aromatic nitrogens is 1. The Morgan fingerprint density at radius 3 is 2.78 bits per heavy atom. The van der Waals surface area contributed by atoms with Crippen LogP contribution in [0.1, 0.15) is 28.6 Å². The Bertz CT molecular complexity index is 939. The van der Waals surface area contributed by atoms with Gasteiger partial charge in [0.15, 0.2) is 23.0 Å². The van der Waals surface area contributed by atoms with Crippen molar-refractivity contribution in [2.75, 3.05) is 13.3 Å². The predicted molar refractivity (Wildman–Crippen MR) is 96.4 cm³/mol. The van der Waals surface area contributed by atoms with E-state index in [0.717, 1.165) is 5.56 Å². The summed E-state index contributed by atoms with van der Waals surface area (Å²) in [7, 11) is 0. The molecule has 0 unspecified atom stereocenters. The van der Waals surface area contributed by atoms with E-state index in [9.17, 15) is 9.90 Å². The van der Waals surface area contributed by atoms with Gasteiger partial charge in [-0.1, -0.05) is 41.6 Å². The van der Waals surface area contributed by atoms with Gasteiger partial charge in [-0.25, -0.2) is 0 Å². The number of ether oxygens (including phenoxy) is 2. The highest BCUT2D eigenvalue weighted by atomic mass is 16.7. The van der Waals surface area contributed by atoms with Gasteiger partial charge in [-0.3, -0.25) is 4.79 Å². The first-order chi connectivity index (χ1) is 13.2. The van der Waals surface area contributed by atoms with E-state index in [1.807, 2.05) is 30.3 Å². The third-order valence-corrected chi connectivity index (χ3v) is 4.29. The maximum absolute atomic E-state index is 12.2. The number of carbonyl (C=O) groups excluding carboxylic acids is 1. The van der Waals surface area contributed by atoms with Gasteiger partial charge in [0.1, 0.15) is 0 Å². The van der Waals surface area contributed by atoms with Crippen molar-refractivity contribution in [2.45, 2.75) is 12.5 Å². The lowest BCUT2D eigenvalue weighted by Crippen LogP contribution is -2.25. The normalized spacial score (nSPS) is 13.4. The zero-order valence-corrected chi connectivity index (χ0v) is 14.4. The molecule has 2 aromatic carbocycles. The number of benzene rings is 2. The Labute approximate surface area is 155 Å². The summed E-state index contributed by atoms with van der Waals surface area (Å²) in [5, 5.41) is 16.9. The Balaban J connectivity index is 1.31.